The zero-order valence-electron chi connectivity index (χ0n) is 21.9. The van der Waals surface area contributed by atoms with Gasteiger partial charge < -0.3 is 4.57 Å². The summed E-state index contributed by atoms with van der Waals surface area (Å²) in [5.74, 6) is -0.585. The maximum absolute atomic E-state index is 13.5. The number of hydrogen-bond donors (Lipinski definition) is 1. The number of amides is 1. The molecule has 1 amide bonds. The van der Waals surface area contributed by atoms with Crippen LogP contribution in [-0.4, -0.2) is 31.7 Å². The smallest absolute Gasteiger partial charge is 0.264 e. The van der Waals surface area contributed by atoms with Gasteiger partial charge in [0.1, 0.15) is 6.54 Å². The van der Waals surface area contributed by atoms with E-state index in [2.05, 4.69) is 10.5 Å². The van der Waals surface area contributed by atoms with Crippen LogP contribution in [0, 0.1) is 27.7 Å². The third kappa shape index (κ3) is 6.53. The Hall–Kier alpha value is -3.59. The Morgan fingerprint density at radius 1 is 0.897 bits per heavy atom. The molecule has 0 unspecified atom stereocenters. The first-order valence-corrected chi connectivity index (χ1v) is 14.3. The average Bonchev–Trinajstić information content (AvgIpc) is 3.15. The number of carbonyl (C=O) groups is 1. The molecule has 3 aromatic carbocycles. The lowest BCUT2D eigenvalue weighted by molar-refractivity contribution is -0.119. The number of sulfonamides is 1. The number of rotatable bonds is 8. The highest BCUT2D eigenvalue weighted by molar-refractivity contribution is 7.92. The number of nitrogens with one attached hydrogen (secondary N) is 1. The van der Waals surface area contributed by atoms with Gasteiger partial charge in [0.2, 0.25) is 0 Å². The minimum atomic E-state index is -4.01. The van der Waals surface area contributed by atoms with Crippen molar-refractivity contribution >= 4 is 51.0 Å². The molecular weight excluding hydrogens is 555 g/mol. The lowest BCUT2D eigenvalue weighted by Gasteiger charge is -2.24. The van der Waals surface area contributed by atoms with E-state index < -0.39 is 22.5 Å². The van der Waals surface area contributed by atoms with Gasteiger partial charge in [-0.2, -0.15) is 5.10 Å². The summed E-state index contributed by atoms with van der Waals surface area (Å²) >= 11 is 12.4. The standard InChI is InChI=1S/C29H28Cl2N4O3S/c1-19-5-9-26(10-6-19)34(39(37,38)28-11-7-20(2)8-12-28)18-29(36)33-32-17-23-13-21(3)35(22(23)4)27-15-24(30)14-25(31)16-27/h5-17H,18H2,1-4H3,(H,33,36)/b32-17+. The van der Waals surface area contributed by atoms with Crippen molar-refractivity contribution in [2.24, 2.45) is 5.10 Å². The lowest BCUT2D eigenvalue weighted by Crippen LogP contribution is -2.39. The summed E-state index contributed by atoms with van der Waals surface area (Å²) in [5, 5.41) is 5.14. The predicted molar refractivity (Wildman–Crippen MR) is 158 cm³/mol. The van der Waals surface area contributed by atoms with E-state index in [1.165, 1.54) is 18.3 Å². The molecule has 39 heavy (non-hydrogen) atoms. The van der Waals surface area contributed by atoms with Gasteiger partial charge >= 0.3 is 0 Å². The van der Waals surface area contributed by atoms with Gasteiger partial charge in [0.25, 0.3) is 15.9 Å². The minimum Gasteiger partial charge on any atom is -0.318 e. The Morgan fingerprint density at radius 3 is 2.05 bits per heavy atom. The van der Waals surface area contributed by atoms with E-state index in [1.807, 2.05) is 50.5 Å². The molecular formula is C29H28Cl2N4O3S. The first-order chi connectivity index (χ1) is 18.5. The van der Waals surface area contributed by atoms with Gasteiger partial charge in [-0.3, -0.25) is 9.10 Å². The number of halogens is 2. The quantitative estimate of drug-likeness (QED) is 0.194. The van der Waals surface area contributed by atoms with Gasteiger partial charge in [0, 0.05) is 32.7 Å². The van der Waals surface area contributed by atoms with Crippen LogP contribution in [0.2, 0.25) is 10.0 Å². The maximum Gasteiger partial charge on any atom is 0.264 e. The fourth-order valence-electron chi connectivity index (χ4n) is 4.19. The molecule has 0 aliphatic rings. The van der Waals surface area contributed by atoms with Crippen molar-refractivity contribution in [3.05, 3.63) is 111 Å². The van der Waals surface area contributed by atoms with Crippen LogP contribution in [0.5, 0.6) is 0 Å². The highest BCUT2D eigenvalue weighted by atomic mass is 35.5. The van der Waals surface area contributed by atoms with Crippen LogP contribution >= 0.6 is 23.2 Å². The maximum atomic E-state index is 13.5. The molecule has 0 bridgehead atoms. The Morgan fingerprint density at radius 2 is 1.46 bits per heavy atom. The number of hydrazone groups is 1. The number of carbonyl (C=O) groups excluding carboxylic acids is 1. The topological polar surface area (TPSA) is 83.8 Å². The van der Waals surface area contributed by atoms with Crippen LogP contribution in [-0.2, 0) is 14.8 Å². The van der Waals surface area contributed by atoms with E-state index in [4.69, 9.17) is 23.2 Å². The second-order valence-electron chi connectivity index (χ2n) is 9.24. The third-order valence-corrected chi connectivity index (χ3v) is 8.41. The van der Waals surface area contributed by atoms with Crippen molar-refractivity contribution in [2.75, 3.05) is 10.8 Å². The Labute approximate surface area is 238 Å². The zero-order valence-corrected chi connectivity index (χ0v) is 24.3. The summed E-state index contributed by atoms with van der Waals surface area (Å²) in [5.41, 5.74) is 8.11. The van der Waals surface area contributed by atoms with Gasteiger partial charge in [-0.25, -0.2) is 13.8 Å². The second-order valence-corrected chi connectivity index (χ2v) is 12.0. The summed E-state index contributed by atoms with van der Waals surface area (Å²) < 4.78 is 30.1. The van der Waals surface area contributed by atoms with Crippen molar-refractivity contribution in [3.63, 3.8) is 0 Å². The van der Waals surface area contributed by atoms with Crippen molar-refractivity contribution in [2.45, 2.75) is 32.6 Å². The molecule has 0 aliphatic heterocycles. The molecule has 0 fully saturated rings. The molecule has 0 saturated heterocycles. The van der Waals surface area contributed by atoms with E-state index in [0.29, 0.717) is 15.7 Å². The summed E-state index contributed by atoms with van der Waals surface area (Å²) in [6.45, 7) is 7.19. The van der Waals surface area contributed by atoms with E-state index >= 15 is 0 Å². The van der Waals surface area contributed by atoms with Gasteiger partial charge in [0.15, 0.2) is 0 Å². The molecule has 0 aliphatic carbocycles. The molecule has 0 radical (unpaired) electrons. The Balaban J connectivity index is 1.56. The van der Waals surface area contributed by atoms with Crippen LogP contribution in [0.3, 0.4) is 0 Å². The summed E-state index contributed by atoms with van der Waals surface area (Å²) in [7, 11) is -4.01. The number of nitrogens with zero attached hydrogens (tertiary/aromatic N) is 3. The van der Waals surface area contributed by atoms with Crippen molar-refractivity contribution in [1.82, 2.24) is 9.99 Å². The molecule has 0 atom stereocenters. The molecule has 1 heterocycles. The van der Waals surface area contributed by atoms with E-state index in [9.17, 15) is 13.2 Å². The average molecular weight is 584 g/mol. The van der Waals surface area contributed by atoms with Crippen LogP contribution in [0.4, 0.5) is 5.69 Å². The Bertz CT molecular complexity index is 1630. The molecule has 10 heteroatoms. The van der Waals surface area contributed by atoms with Gasteiger partial charge in [-0.15, -0.1) is 0 Å². The molecule has 1 N–H and O–H groups in total. The SMILES string of the molecule is Cc1ccc(N(CC(=O)N/N=C/c2cc(C)n(-c3cc(Cl)cc(Cl)c3)c2C)S(=O)(=O)c2ccc(C)cc2)cc1. The largest absolute Gasteiger partial charge is 0.318 e. The lowest BCUT2D eigenvalue weighted by atomic mass is 10.2. The summed E-state index contributed by atoms with van der Waals surface area (Å²) in [6, 6.07) is 20.7. The Kier molecular flexibility index (Phi) is 8.49. The van der Waals surface area contributed by atoms with Gasteiger partial charge in [-0.1, -0.05) is 58.6 Å². The normalized spacial score (nSPS) is 11.6. The second kappa shape index (κ2) is 11.7. The molecule has 4 aromatic rings. The first-order valence-electron chi connectivity index (χ1n) is 12.1. The van der Waals surface area contributed by atoms with E-state index in [0.717, 1.165) is 38.1 Å². The molecule has 4 rings (SSSR count). The van der Waals surface area contributed by atoms with E-state index in [-0.39, 0.29) is 4.90 Å². The van der Waals surface area contributed by atoms with E-state index in [1.54, 1.807) is 42.5 Å². The van der Waals surface area contributed by atoms with Crippen LogP contribution in [0.15, 0.2) is 82.8 Å². The highest BCUT2D eigenvalue weighted by Crippen LogP contribution is 2.26. The number of anilines is 1. The molecule has 0 saturated carbocycles. The van der Waals surface area contributed by atoms with Crippen molar-refractivity contribution < 1.29 is 13.2 Å². The highest BCUT2D eigenvalue weighted by Gasteiger charge is 2.27. The number of hydrogen-bond acceptors (Lipinski definition) is 4. The monoisotopic (exact) mass is 582 g/mol. The predicted octanol–water partition coefficient (Wildman–Crippen LogP) is 6.36. The summed E-state index contributed by atoms with van der Waals surface area (Å²) in [4.78, 5) is 13.0. The number of aromatic nitrogens is 1. The van der Waals surface area contributed by atoms with Gasteiger partial charge in [-0.05, 0) is 76.2 Å². The fraction of sp³-hybridized carbons (Fsp3) is 0.172. The zero-order chi connectivity index (χ0) is 28.3. The third-order valence-electron chi connectivity index (χ3n) is 6.19. The van der Waals surface area contributed by atoms with Crippen LogP contribution in [0.1, 0.15) is 28.1 Å². The number of benzene rings is 3. The molecule has 7 nitrogen and oxygen atoms in total. The first kappa shape index (κ1) is 28.4. The van der Waals surface area contributed by atoms with Crippen molar-refractivity contribution in [3.8, 4) is 5.69 Å². The minimum absolute atomic E-state index is 0.0959. The van der Waals surface area contributed by atoms with Gasteiger partial charge in [0.05, 0.1) is 16.8 Å². The summed E-state index contributed by atoms with van der Waals surface area (Å²) in [6.07, 6.45) is 1.52. The molecule has 0 spiro atoms. The fourth-order valence-corrected chi connectivity index (χ4v) is 6.12. The van der Waals surface area contributed by atoms with Crippen LogP contribution in [0.25, 0.3) is 5.69 Å². The molecule has 202 valence electrons. The van der Waals surface area contributed by atoms with Crippen molar-refractivity contribution in [1.29, 1.82) is 0 Å². The number of aryl methyl sites for hydroxylation is 3. The molecule has 1 aromatic heterocycles. The van der Waals surface area contributed by atoms with Crippen LogP contribution < -0.4 is 9.73 Å².